The molecule has 5 atom stereocenters. The van der Waals surface area contributed by atoms with E-state index in [4.69, 9.17) is 13.9 Å². The van der Waals surface area contributed by atoms with Gasteiger partial charge in [-0.25, -0.2) is 4.79 Å². The number of carboxylic acids is 1. The zero-order chi connectivity index (χ0) is 27.9. The molecular weight excluding hydrogens is 504 g/mol. The fourth-order valence-corrected chi connectivity index (χ4v) is 4.06. The predicted octanol–water partition coefficient (Wildman–Crippen LogP) is 1.36. The van der Waals surface area contributed by atoms with Gasteiger partial charge in [0, 0.05) is 23.8 Å². The lowest BCUT2D eigenvalue weighted by Crippen LogP contribution is -2.61. The Balaban J connectivity index is 1.87. The van der Waals surface area contributed by atoms with Gasteiger partial charge in [-0.2, -0.15) is 0 Å². The molecule has 1 aromatic heterocycles. The lowest BCUT2D eigenvalue weighted by atomic mass is 9.98. The summed E-state index contributed by atoms with van der Waals surface area (Å²) in [7, 11) is 0. The summed E-state index contributed by atoms with van der Waals surface area (Å²) < 4.78 is 16.7. The number of allylic oxidation sites excluding steroid dienone is 2. The summed E-state index contributed by atoms with van der Waals surface area (Å²) in [4.78, 5) is 24.5. The lowest BCUT2D eigenvalue weighted by molar-refractivity contribution is -0.271. The fourth-order valence-electron chi connectivity index (χ4n) is 4.06. The van der Waals surface area contributed by atoms with Crippen LogP contribution in [-0.4, -0.2) is 72.4 Å². The number of carbonyl (C=O) groups is 1. The van der Waals surface area contributed by atoms with Crippen molar-refractivity contribution in [2.45, 2.75) is 51.0 Å². The van der Waals surface area contributed by atoms with Crippen molar-refractivity contribution < 1.29 is 54.4 Å². The number of aromatic hydroxyl groups is 3. The number of phenolic OH excluding ortho intramolecular Hbond substituents is 3. The number of aliphatic hydroxyl groups is 3. The van der Waals surface area contributed by atoms with Crippen LogP contribution in [0.15, 0.2) is 51.2 Å². The Hall–Kier alpha value is -4.10. The zero-order valence-electron chi connectivity index (χ0n) is 20.2. The van der Waals surface area contributed by atoms with Crippen LogP contribution in [0.5, 0.6) is 23.0 Å². The van der Waals surface area contributed by atoms with Crippen LogP contribution in [0.3, 0.4) is 0 Å². The topological polar surface area (TPSA) is 207 Å². The highest BCUT2D eigenvalue weighted by Crippen LogP contribution is 2.40. The van der Waals surface area contributed by atoms with Crippen molar-refractivity contribution in [2.24, 2.45) is 0 Å². The number of aliphatic carboxylic acids is 1. The molecule has 3 aromatic rings. The molecule has 1 fully saturated rings. The van der Waals surface area contributed by atoms with E-state index < -0.39 is 47.9 Å². The van der Waals surface area contributed by atoms with Crippen LogP contribution in [-0.2, 0) is 16.0 Å². The second kappa shape index (κ2) is 10.3. The maximum absolute atomic E-state index is 13.0. The Labute approximate surface area is 214 Å². The van der Waals surface area contributed by atoms with Crippen molar-refractivity contribution in [2.75, 3.05) is 0 Å². The van der Waals surface area contributed by atoms with E-state index in [0.29, 0.717) is 0 Å². The molecule has 0 unspecified atom stereocenters. The number of benzene rings is 2. The van der Waals surface area contributed by atoms with Gasteiger partial charge in [-0.15, -0.1) is 0 Å². The molecule has 1 aliphatic heterocycles. The molecule has 4 rings (SSSR count). The number of fused-ring (bicyclic) bond motifs is 1. The van der Waals surface area contributed by atoms with Gasteiger partial charge < -0.3 is 49.6 Å². The summed E-state index contributed by atoms with van der Waals surface area (Å²) in [5.74, 6) is -2.97. The van der Waals surface area contributed by atoms with E-state index in [0.717, 1.165) is 17.7 Å². The van der Waals surface area contributed by atoms with Crippen LogP contribution in [0.1, 0.15) is 19.4 Å². The summed E-state index contributed by atoms with van der Waals surface area (Å²) >= 11 is 0. The molecule has 12 nitrogen and oxygen atoms in total. The molecule has 1 aliphatic rings. The van der Waals surface area contributed by atoms with Gasteiger partial charge in [-0.05, 0) is 32.4 Å². The van der Waals surface area contributed by atoms with E-state index in [9.17, 15) is 45.3 Å². The van der Waals surface area contributed by atoms with Gasteiger partial charge >= 0.3 is 5.97 Å². The molecule has 7 N–H and O–H groups in total. The molecule has 12 heteroatoms. The molecule has 0 spiro atoms. The van der Waals surface area contributed by atoms with Gasteiger partial charge in [-0.3, -0.25) is 4.79 Å². The monoisotopic (exact) mass is 530 g/mol. The van der Waals surface area contributed by atoms with E-state index in [2.05, 4.69) is 0 Å². The predicted molar refractivity (Wildman–Crippen MR) is 131 cm³/mol. The third kappa shape index (κ3) is 5.02. The van der Waals surface area contributed by atoms with Crippen molar-refractivity contribution in [3.8, 4) is 34.3 Å². The average Bonchev–Trinajstić information content (AvgIpc) is 2.83. The van der Waals surface area contributed by atoms with Crippen molar-refractivity contribution in [3.63, 3.8) is 0 Å². The quantitative estimate of drug-likeness (QED) is 0.225. The first-order valence-corrected chi connectivity index (χ1v) is 11.5. The van der Waals surface area contributed by atoms with Gasteiger partial charge in [0.25, 0.3) is 0 Å². The van der Waals surface area contributed by atoms with Crippen LogP contribution in [0, 0.1) is 0 Å². The molecule has 202 valence electrons. The van der Waals surface area contributed by atoms with Crippen LogP contribution >= 0.6 is 0 Å². The van der Waals surface area contributed by atoms with Crippen LogP contribution < -0.4 is 10.2 Å². The maximum atomic E-state index is 13.0. The number of aliphatic hydroxyl groups excluding tert-OH is 3. The standard InChI is InChI=1S/C26H26O12/c1-10(2)3-5-13-17(37-26-23(33)21(31)22(32)24(38-26)25(34)35)9-18-19(20(13)30)15(29)8-16(36-18)12-6-4-11(27)7-14(12)28/h3-4,6-9,21-24,26-28,30-33H,5H2,1-2H3,(H,34,35)/t21-,22-,23+,24-,26+/m0/s1. The summed E-state index contributed by atoms with van der Waals surface area (Å²) in [5, 5.41) is 70.4. The van der Waals surface area contributed by atoms with Gasteiger partial charge in [0.2, 0.25) is 6.29 Å². The highest BCUT2D eigenvalue weighted by molar-refractivity contribution is 5.88. The molecule has 38 heavy (non-hydrogen) atoms. The molecular formula is C26H26O12. The molecule has 0 aliphatic carbocycles. The Morgan fingerprint density at radius 3 is 2.37 bits per heavy atom. The maximum Gasteiger partial charge on any atom is 0.335 e. The van der Waals surface area contributed by atoms with Crippen molar-refractivity contribution in [1.82, 2.24) is 0 Å². The van der Waals surface area contributed by atoms with Gasteiger partial charge in [-0.1, -0.05) is 11.6 Å². The summed E-state index contributed by atoms with van der Waals surface area (Å²) in [6, 6.07) is 5.92. The molecule has 2 heterocycles. The van der Waals surface area contributed by atoms with Gasteiger partial charge in [0.1, 0.15) is 58.0 Å². The van der Waals surface area contributed by atoms with Crippen molar-refractivity contribution in [1.29, 1.82) is 0 Å². The first-order valence-electron chi connectivity index (χ1n) is 11.5. The van der Waals surface area contributed by atoms with E-state index in [-0.39, 0.29) is 51.5 Å². The minimum atomic E-state index is -1.93. The lowest BCUT2D eigenvalue weighted by Gasteiger charge is -2.38. The van der Waals surface area contributed by atoms with E-state index in [1.807, 2.05) is 0 Å². The van der Waals surface area contributed by atoms with Crippen LogP contribution in [0.4, 0.5) is 0 Å². The highest BCUT2D eigenvalue weighted by Gasteiger charge is 2.48. The Kier molecular flexibility index (Phi) is 7.33. The van der Waals surface area contributed by atoms with E-state index in [1.54, 1.807) is 19.9 Å². The Morgan fingerprint density at radius 2 is 1.74 bits per heavy atom. The summed E-state index contributed by atoms with van der Waals surface area (Å²) in [6.45, 7) is 3.60. The minimum Gasteiger partial charge on any atom is -0.508 e. The number of carboxylic acid groups (broad SMARTS) is 1. The number of hydrogen-bond donors (Lipinski definition) is 7. The summed E-state index contributed by atoms with van der Waals surface area (Å²) in [6.07, 6.45) is -7.67. The minimum absolute atomic E-state index is 0.0513. The molecule has 0 amide bonds. The van der Waals surface area contributed by atoms with Crippen LogP contribution in [0.2, 0.25) is 0 Å². The fraction of sp³-hybridized carbons (Fsp3) is 0.308. The average molecular weight is 530 g/mol. The number of phenols is 3. The Morgan fingerprint density at radius 1 is 1.03 bits per heavy atom. The number of rotatable bonds is 6. The number of ether oxygens (including phenoxy) is 2. The van der Waals surface area contributed by atoms with E-state index >= 15 is 0 Å². The molecule has 0 radical (unpaired) electrons. The summed E-state index contributed by atoms with van der Waals surface area (Å²) in [5.41, 5.74) is 0.169. The smallest absolute Gasteiger partial charge is 0.335 e. The van der Waals surface area contributed by atoms with Crippen molar-refractivity contribution in [3.05, 3.63) is 57.8 Å². The Bertz CT molecular complexity index is 1470. The molecule has 0 saturated carbocycles. The largest absolute Gasteiger partial charge is 0.508 e. The first-order chi connectivity index (χ1) is 17.9. The normalized spacial score (nSPS) is 23.2. The van der Waals surface area contributed by atoms with Crippen LogP contribution in [0.25, 0.3) is 22.3 Å². The first kappa shape index (κ1) is 26.9. The SMILES string of the molecule is CC(C)=CCc1c(O[C@@H]2O[C@H](C(=O)O)[C@@H](O)[C@H](O)[C@H]2O)cc2oc(-c3ccc(O)cc3O)cc(=O)c2c1O. The van der Waals surface area contributed by atoms with Crippen molar-refractivity contribution >= 4 is 16.9 Å². The number of hydrogen-bond acceptors (Lipinski definition) is 11. The third-order valence-electron chi connectivity index (χ3n) is 6.07. The zero-order valence-corrected chi connectivity index (χ0v) is 20.2. The third-order valence-corrected chi connectivity index (χ3v) is 6.07. The second-order valence-electron chi connectivity index (χ2n) is 9.09. The molecule has 1 saturated heterocycles. The molecule has 0 bridgehead atoms. The molecule has 2 aromatic carbocycles. The highest BCUT2D eigenvalue weighted by atomic mass is 16.7. The van der Waals surface area contributed by atoms with E-state index in [1.165, 1.54) is 18.2 Å². The second-order valence-corrected chi connectivity index (χ2v) is 9.09. The van der Waals surface area contributed by atoms with Gasteiger partial charge in [0.05, 0.1) is 5.56 Å². The van der Waals surface area contributed by atoms with Gasteiger partial charge in [0.15, 0.2) is 11.5 Å².